The van der Waals surface area contributed by atoms with Crippen LogP contribution in [0, 0.1) is 5.82 Å². The van der Waals surface area contributed by atoms with Crippen LogP contribution in [-0.2, 0) is 37.6 Å². The highest BCUT2D eigenvalue weighted by atomic mass is 32.2. The Labute approximate surface area is 313 Å². The van der Waals surface area contributed by atoms with Gasteiger partial charge in [-0.2, -0.15) is 19.0 Å². The molecule has 4 N–H and O–H groups in total. The summed E-state index contributed by atoms with van der Waals surface area (Å²) >= 11 is 0. The summed E-state index contributed by atoms with van der Waals surface area (Å²) in [6, 6.07) is 11.7. The minimum Gasteiger partial charge on any atom is -0.484 e. The van der Waals surface area contributed by atoms with Gasteiger partial charge in [0.1, 0.15) is 47.1 Å². The van der Waals surface area contributed by atoms with Crippen LogP contribution in [0.2, 0.25) is 25.7 Å². The summed E-state index contributed by atoms with van der Waals surface area (Å²) in [6.45, 7) is 14.0. The highest BCUT2D eigenvalue weighted by Gasteiger charge is 2.29. The number of nitrogens with zero attached hydrogens (tertiary/aromatic N) is 4. The predicted molar refractivity (Wildman–Crippen MR) is 200 cm³/mol. The van der Waals surface area contributed by atoms with Gasteiger partial charge in [-0.25, -0.2) is 17.5 Å². The number of ether oxygens (including phenoxy) is 3. The number of amides is 1. The van der Waals surface area contributed by atoms with E-state index < -0.39 is 53.3 Å². The first-order chi connectivity index (χ1) is 25.1. The molecule has 0 aliphatic heterocycles. The summed E-state index contributed by atoms with van der Waals surface area (Å²) in [7, 11) is -6.59. The van der Waals surface area contributed by atoms with E-state index in [0.717, 1.165) is 6.04 Å². The molecule has 2 aromatic heterocycles. The SMILES string of the molecule is CC(Oc1cc(-c2nn(COCC[Si](C)(C)C)c(Nc3ccn(CCC(=O)OC(C)(C)C)n3)c2C(N)=O)ccc1NS(=O)(=O)C(F)F)c1ccc(F)cc1. The van der Waals surface area contributed by atoms with Gasteiger partial charge in [-0.05, 0) is 63.6 Å². The fraction of sp³-hybridized carbons (Fsp3) is 0.429. The number of sulfonamides is 1. The number of anilines is 3. The van der Waals surface area contributed by atoms with Gasteiger partial charge in [0.25, 0.3) is 15.9 Å². The molecular weight excluding hydrogens is 748 g/mol. The van der Waals surface area contributed by atoms with Crippen molar-refractivity contribution in [1.82, 2.24) is 19.6 Å². The molecule has 19 heteroatoms. The van der Waals surface area contributed by atoms with Gasteiger partial charge in [-0.1, -0.05) is 37.8 Å². The van der Waals surface area contributed by atoms with E-state index in [1.165, 1.54) is 51.8 Å². The molecule has 0 aliphatic rings. The molecule has 294 valence electrons. The van der Waals surface area contributed by atoms with Gasteiger partial charge in [0.2, 0.25) is 0 Å². The molecule has 0 bridgehead atoms. The van der Waals surface area contributed by atoms with Crippen LogP contribution in [0.1, 0.15) is 56.1 Å². The first-order valence-corrected chi connectivity index (χ1v) is 22.2. The lowest BCUT2D eigenvalue weighted by Gasteiger charge is -2.19. The summed E-state index contributed by atoms with van der Waals surface area (Å²) in [5.41, 5.74) is 5.63. The molecule has 4 aromatic rings. The van der Waals surface area contributed by atoms with Crippen LogP contribution in [0.4, 0.5) is 30.5 Å². The number of hydrogen-bond donors (Lipinski definition) is 3. The van der Waals surface area contributed by atoms with Crippen LogP contribution in [0.3, 0.4) is 0 Å². The van der Waals surface area contributed by atoms with E-state index in [-0.39, 0.29) is 59.6 Å². The Morgan fingerprint density at radius 2 is 1.72 bits per heavy atom. The van der Waals surface area contributed by atoms with Crippen molar-refractivity contribution >= 4 is 47.3 Å². The largest absolute Gasteiger partial charge is 0.484 e. The number of halogens is 3. The third-order valence-corrected chi connectivity index (χ3v) is 10.3. The predicted octanol–water partition coefficient (Wildman–Crippen LogP) is 6.88. The molecule has 1 unspecified atom stereocenters. The Kier molecular flexibility index (Phi) is 13.2. The van der Waals surface area contributed by atoms with Gasteiger partial charge >= 0.3 is 11.7 Å². The molecule has 0 saturated carbocycles. The van der Waals surface area contributed by atoms with Crippen LogP contribution < -0.4 is 20.5 Å². The zero-order valence-electron chi connectivity index (χ0n) is 31.2. The topological polar surface area (TPSA) is 182 Å². The number of rotatable bonds is 18. The maximum Gasteiger partial charge on any atom is 0.355 e. The normalized spacial score (nSPS) is 12.8. The van der Waals surface area contributed by atoms with Crippen molar-refractivity contribution in [2.45, 2.75) is 90.5 Å². The van der Waals surface area contributed by atoms with Crippen LogP contribution in [0.25, 0.3) is 11.3 Å². The number of nitrogens with one attached hydrogen (secondary N) is 2. The minimum absolute atomic E-state index is 0.0331. The molecular formula is C35H46F3N7O7SSi. The van der Waals surface area contributed by atoms with Gasteiger partial charge in [-0.3, -0.25) is 19.0 Å². The number of alkyl halides is 2. The fourth-order valence-corrected chi connectivity index (χ4v) is 6.28. The maximum atomic E-state index is 13.6. The highest BCUT2D eigenvalue weighted by Crippen LogP contribution is 2.38. The van der Waals surface area contributed by atoms with Crippen molar-refractivity contribution in [2.24, 2.45) is 5.73 Å². The van der Waals surface area contributed by atoms with Gasteiger partial charge in [0.05, 0.1) is 18.7 Å². The molecule has 0 saturated heterocycles. The Hall–Kier alpha value is -4.88. The smallest absolute Gasteiger partial charge is 0.355 e. The Morgan fingerprint density at radius 1 is 1.04 bits per heavy atom. The zero-order valence-corrected chi connectivity index (χ0v) is 33.0. The second-order valence-electron chi connectivity index (χ2n) is 14.6. The first-order valence-electron chi connectivity index (χ1n) is 17.0. The summed E-state index contributed by atoms with van der Waals surface area (Å²) < 4.78 is 86.9. The number of nitrogens with two attached hydrogens (primary N) is 1. The number of hydrogen-bond acceptors (Lipinski definition) is 10. The number of carbonyl (C=O) groups is 2. The molecule has 1 amide bonds. The molecule has 1 atom stereocenters. The van der Waals surface area contributed by atoms with E-state index in [9.17, 15) is 31.2 Å². The van der Waals surface area contributed by atoms with Gasteiger partial charge in [-0.15, -0.1) is 0 Å². The second-order valence-corrected chi connectivity index (χ2v) is 21.9. The minimum atomic E-state index is -5.12. The molecule has 14 nitrogen and oxygen atoms in total. The van der Waals surface area contributed by atoms with E-state index in [1.807, 2.05) is 4.72 Å². The number of esters is 1. The second kappa shape index (κ2) is 17.1. The average Bonchev–Trinajstić information content (AvgIpc) is 3.66. The molecule has 2 heterocycles. The van der Waals surface area contributed by atoms with Crippen molar-refractivity contribution in [1.29, 1.82) is 0 Å². The zero-order chi connectivity index (χ0) is 40.0. The maximum absolute atomic E-state index is 13.6. The molecule has 0 aliphatic carbocycles. The molecule has 0 fully saturated rings. The number of benzene rings is 2. The summed E-state index contributed by atoms with van der Waals surface area (Å²) in [5, 5.41) is 12.2. The number of aromatic nitrogens is 4. The lowest BCUT2D eigenvalue weighted by Crippen LogP contribution is -2.24. The Bertz CT molecular complexity index is 2040. The van der Waals surface area contributed by atoms with E-state index in [2.05, 4.69) is 35.2 Å². The van der Waals surface area contributed by atoms with Crippen molar-refractivity contribution in [3.63, 3.8) is 0 Å². The first kappa shape index (κ1) is 41.9. The number of carbonyl (C=O) groups excluding carboxylic acids is 2. The van der Waals surface area contributed by atoms with Crippen molar-refractivity contribution in [2.75, 3.05) is 16.6 Å². The van der Waals surface area contributed by atoms with E-state index in [0.29, 0.717) is 12.2 Å². The van der Waals surface area contributed by atoms with Gasteiger partial charge < -0.3 is 25.3 Å². The van der Waals surface area contributed by atoms with Crippen LogP contribution in [0.5, 0.6) is 5.75 Å². The van der Waals surface area contributed by atoms with Gasteiger partial charge in [0.15, 0.2) is 5.82 Å². The standard InChI is InChI=1S/C35H46F3N7O7SSi/c1-22(23-8-11-25(36)12-9-23)51-27-20-24(10-13-26(27)43-53(48,49)34(37)38)31-30(32(39)47)33(45(42-31)21-50-18-19-54(5,6)7)40-28-14-16-44(41-28)17-15-29(46)52-35(2,3)4/h8-14,16,20,22,34,43H,15,17-19,21H2,1-7H3,(H2,39,47)(H,40,41). The highest BCUT2D eigenvalue weighted by molar-refractivity contribution is 7.93. The fourth-order valence-electron chi connectivity index (χ4n) is 4.96. The summed E-state index contributed by atoms with van der Waals surface area (Å²) in [5.74, 6) is -5.32. The Morgan fingerprint density at radius 3 is 2.33 bits per heavy atom. The van der Waals surface area contributed by atoms with E-state index in [1.54, 1.807) is 40.0 Å². The van der Waals surface area contributed by atoms with Crippen molar-refractivity contribution in [3.05, 3.63) is 71.7 Å². The third-order valence-electron chi connectivity index (χ3n) is 7.65. The van der Waals surface area contributed by atoms with Crippen LogP contribution in [-0.4, -0.2) is 65.9 Å². The van der Waals surface area contributed by atoms with E-state index >= 15 is 0 Å². The van der Waals surface area contributed by atoms with Crippen molar-refractivity contribution in [3.8, 4) is 17.0 Å². The molecule has 4 rings (SSSR count). The van der Waals surface area contributed by atoms with Crippen LogP contribution in [0.15, 0.2) is 54.7 Å². The van der Waals surface area contributed by atoms with Gasteiger partial charge in [0, 0.05) is 32.5 Å². The molecule has 0 radical (unpaired) electrons. The van der Waals surface area contributed by atoms with E-state index in [4.69, 9.17) is 19.9 Å². The third kappa shape index (κ3) is 11.8. The number of primary amides is 1. The number of aryl methyl sites for hydroxylation is 1. The molecule has 0 spiro atoms. The quantitative estimate of drug-likeness (QED) is 0.0546. The monoisotopic (exact) mass is 793 g/mol. The Balaban J connectivity index is 1.75. The average molecular weight is 794 g/mol. The molecule has 2 aromatic carbocycles. The molecule has 54 heavy (non-hydrogen) atoms. The van der Waals surface area contributed by atoms with Crippen LogP contribution >= 0.6 is 0 Å². The summed E-state index contributed by atoms with van der Waals surface area (Å²) in [6.07, 6.45) is 0.880. The lowest BCUT2D eigenvalue weighted by atomic mass is 10.1. The summed E-state index contributed by atoms with van der Waals surface area (Å²) in [4.78, 5) is 25.4. The lowest BCUT2D eigenvalue weighted by molar-refractivity contribution is -0.155. The van der Waals surface area contributed by atoms with Crippen molar-refractivity contribution < 1.29 is 45.4 Å².